The van der Waals surface area contributed by atoms with E-state index < -0.39 is 17.7 Å². The molecule has 1 fully saturated rings. The van der Waals surface area contributed by atoms with Gasteiger partial charge in [-0.2, -0.15) is 0 Å². The van der Waals surface area contributed by atoms with Crippen LogP contribution in [0.3, 0.4) is 0 Å². The molecule has 3 aromatic rings. The number of rotatable bonds is 10. The van der Waals surface area contributed by atoms with E-state index in [9.17, 15) is 14.7 Å². The van der Waals surface area contributed by atoms with E-state index in [-0.39, 0.29) is 17.4 Å². The zero-order valence-electron chi connectivity index (χ0n) is 23.3. The maximum atomic E-state index is 13.5. The van der Waals surface area contributed by atoms with Gasteiger partial charge in [0.1, 0.15) is 29.1 Å². The highest BCUT2D eigenvalue weighted by Crippen LogP contribution is 2.41. The van der Waals surface area contributed by atoms with E-state index in [4.69, 9.17) is 9.47 Å². The molecule has 2 atom stereocenters. The molecule has 0 unspecified atom stereocenters. The highest BCUT2D eigenvalue weighted by molar-refractivity contribution is 6.46. The van der Waals surface area contributed by atoms with Crippen LogP contribution in [0.2, 0.25) is 0 Å². The van der Waals surface area contributed by atoms with Gasteiger partial charge in [-0.1, -0.05) is 44.2 Å². The number of carbonyl (C=O) groups excluding carboxylic acids is 2. The van der Waals surface area contributed by atoms with E-state index in [0.29, 0.717) is 35.6 Å². The first kappa shape index (κ1) is 27.5. The fraction of sp³-hybridized carbons (Fsp3) is 0.333. The number of hydrogen-bond donors (Lipinski definition) is 1. The second kappa shape index (κ2) is 12.0. The van der Waals surface area contributed by atoms with Crippen LogP contribution in [0.15, 0.2) is 78.4 Å². The second-order valence-corrected chi connectivity index (χ2v) is 10.3. The third-order valence-corrected chi connectivity index (χ3v) is 7.63. The molecule has 0 spiro atoms. The summed E-state index contributed by atoms with van der Waals surface area (Å²) >= 11 is 0. The van der Waals surface area contributed by atoms with Crippen molar-refractivity contribution in [1.82, 2.24) is 9.80 Å². The Morgan fingerprint density at radius 1 is 1.00 bits per heavy atom. The topological polar surface area (TPSA) is 79.3 Å². The number of aliphatic hydroxyl groups excluding tert-OH is 1. The fourth-order valence-corrected chi connectivity index (χ4v) is 5.56. The van der Waals surface area contributed by atoms with Crippen molar-refractivity contribution >= 4 is 17.4 Å². The Kier molecular flexibility index (Phi) is 8.21. The second-order valence-electron chi connectivity index (χ2n) is 10.3. The lowest BCUT2D eigenvalue weighted by molar-refractivity contribution is -0.140. The molecule has 3 aromatic carbocycles. The first-order chi connectivity index (χ1) is 19.4. The first-order valence-electron chi connectivity index (χ1n) is 14.0. The lowest BCUT2D eigenvalue weighted by atomic mass is 9.94. The maximum absolute atomic E-state index is 13.5. The number of aliphatic hydroxyl groups is 1. The number of ketones is 1. The first-order valence-corrected chi connectivity index (χ1v) is 14.0. The minimum atomic E-state index is -0.737. The van der Waals surface area contributed by atoms with Crippen LogP contribution in [-0.4, -0.2) is 58.9 Å². The maximum Gasteiger partial charge on any atom is 0.295 e. The summed E-state index contributed by atoms with van der Waals surface area (Å²) in [6.07, 6.45) is 1.48. The number of ether oxygens (including phenoxy) is 2. The molecule has 7 heteroatoms. The highest BCUT2D eigenvalue weighted by Gasteiger charge is 2.46. The zero-order chi connectivity index (χ0) is 28.2. The summed E-state index contributed by atoms with van der Waals surface area (Å²) in [5.74, 6) is 0.599. The van der Waals surface area contributed by atoms with Crippen LogP contribution in [0.1, 0.15) is 49.9 Å². The standard InChI is InChI=1S/C33H36N2O5/c1-4-34(5-2)17-10-18-35-30(23-11-9-14-27(21-23)40-26-12-7-6-8-13-26)29(32(37)33(35)38)31(36)24-15-16-28-25(20-24)19-22(3)39-28/h6-9,11-16,20-22,30,36H,4-5,10,17-19H2,1-3H3/b31-29+/t22-,30-/m1/s1. The van der Waals surface area contributed by atoms with E-state index in [1.54, 1.807) is 11.0 Å². The van der Waals surface area contributed by atoms with E-state index in [0.717, 1.165) is 37.4 Å². The number of benzene rings is 3. The van der Waals surface area contributed by atoms with Gasteiger partial charge in [-0.15, -0.1) is 0 Å². The van der Waals surface area contributed by atoms with Crippen molar-refractivity contribution in [2.24, 2.45) is 0 Å². The summed E-state index contributed by atoms with van der Waals surface area (Å²) in [5, 5.41) is 11.5. The molecule has 0 aromatic heterocycles. The number of nitrogens with zero attached hydrogens (tertiary/aromatic N) is 2. The predicted octanol–water partition coefficient (Wildman–Crippen LogP) is 5.96. The summed E-state index contributed by atoms with van der Waals surface area (Å²) in [6, 6.07) is 21.5. The van der Waals surface area contributed by atoms with Crippen LogP contribution in [0.4, 0.5) is 0 Å². The molecule has 2 aliphatic rings. The van der Waals surface area contributed by atoms with Gasteiger partial charge in [0, 0.05) is 18.5 Å². The number of para-hydroxylation sites is 1. The Balaban J connectivity index is 1.54. The van der Waals surface area contributed by atoms with Crippen LogP contribution >= 0.6 is 0 Å². The molecule has 1 amide bonds. The van der Waals surface area contributed by atoms with Crippen LogP contribution < -0.4 is 9.47 Å². The van der Waals surface area contributed by atoms with Crippen molar-refractivity contribution < 1.29 is 24.2 Å². The summed E-state index contributed by atoms with van der Waals surface area (Å²) < 4.78 is 11.9. The van der Waals surface area contributed by atoms with Gasteiger partial charge in [-0.05, 0) is 86.6 Å². The highest BCUT2D eigenvalue weighted by atomic mass is 16.5. The molecule has 0 aliphatic carbocycles. The Morgan fingerprint density at radius 2 is 1.75 bits per heavy atom. The Bertz CT molecular complexity index is 1410. The molecule has 2 aliphatic heterocycles. The average molecular weight is 541 g/mol. The van der Waals surface area contributed by atoms with Crippen LogP contribution in [0, 0.1) is 0 Å². The summed E-state index contributed by atoms with van der Waals surface area (Å²) in [4.78, 5) is 30.8. The molecule has 1 N–H and O–H groups in total. The van der Waals surface area contributed by atoms with E-state index in [1.807, 2.05) is 73.7 Å². The lowest BCUT2D eigenvalue weighted by Gasteiger charge is -2.27. The van der Waals surface area contributed by atoms with Gasteiger partial charge in [0.15, 0.2) is 0 Å². The third-order valence-electron chi connectivity index (χ3n) is 7.63. The van der Waals surface area contributed by atoms with Gasteiger partial charge < -0.3 is 24.4 Å². The molecule has 2 heterocycles. The molecule has 0 bridgehead atoms. The molecule has 0 radical (unpaired) electrons. The summed E-state index contributed by atoms with van der Waals surface area (Å²) in [6.45, 7) is 9.24. The van der Waals surface area contributed by atoms with E-state index in [2.05, 4.69) is 18.7 Å². The van der Waals surface area contributed by atoms with Crippen molar-refractivity contribution in [2.75, 3.05) is 26.2 Å². The normalized spacial score (nSPS) is 19.6. The van der Waals surface area contributed by atoms with Crippen molar-refractivity contribution in [3.63, 3.8) is 0 Å². The van der Waals surface area contributed by atoms with Crippen LogP contribution in [0.25, 0.3) is 5.76 Å². The van der Waals surface area contributed by atoms with Gasteiger partial charge in [-0.3, -0.25) is 9.59 Å². The predicted molar refractivity (Wildman–Crippen MR) is 155 cm³/mol. The SMILES string of the molecule is CCN(CC)CCCN1C(=O)C(=O)/C(=C(/O)c2ccc3c(c2)C[C@@H](C)O3)[C@H]1c1cccc(Oc2ccccc2)c1. The molecule has 208 valence electrons. The largest absolute Gasteiger partial charge is 0.507 e. The quantitative estimate of drug-likeness (QED) is 0.194. The van der Waals surface area contributed by atoms with E-state index >= 15 is 0 Å². The van der Waals surface area contributed by atoms with Gasteiger partial charge in [0.25, 0.3) is 11.7 Å². The van der Waals surface area contributed by atoms with Crippen LogP contribution in [0.5, 0.6) is 17.2 Å². The van der Waals surface area contributed by atoms with Crippen molar-refractivity contribution in [2.45, 2.75) is 45.8 Å². The minimum Gasteiger partial charge on any atom is -0.507 e. The van der Waals surface area contributed by atoms with Gasteiger partial charge in [0.05, 0.1) is 11.6 Å². The molecule has 5 rings (SSSR count). The molecule has 0 saturated carbocycles. The molecular formula is C33H36N2O5. The zero-order valence-corrected chi connectivity index (χ0v) is 23.3. The number of carbonyl (C=O) groups is 2. The van der Waals surface area contributed by atoms with E-state index in [1.165, 1.54) is 0 Å². The van der Waals surface area contributed by atoms with Crippen molar-refractivity contribution in [1.29, 1.82) is 0 Å². The van der Waals surface area contributed by atoms with Crippen molar-refractivity contribution in [3.05, 3.63) is 95.1 Å². The molecule has 7 nitrogen and oxygen atoms in total. The van der Waals surface area contributed by atoms with Crippen molar-refractivity contribution in [3.8, 4) is 17.2 Å². The Labute approximate surface area is 235 Å². The smallest absolute Gasteiger partial charge is 0.295 e. The molecule has 1 saturated heterocycles. The molecular weight excluding hydrogens is 504 g/mol. The third kappa shape index (κ3) is 5.61. The van der Waals surface area contributed by atoms with Gasteiger partial charge in [-0.25, -0.2) is 0 Å². The minimum absolute atomic E-state index is 0.0520. The monoisotopic (exact) mass is 540 g/mol. The Morgan fingerprint density at radius 3 is 2.50 bits per heavy atom. The summed E-state index contributed by atoms with van der Waals surface area (Å²) in [5.41, 5.74) is 2.27. The van der Waals surface area contributed by atoms with Gasteiger partial charge in [0.2, 0.25) is 0 Å². The lowest BCUT2D eigenvalue weighted by Crippen LogP contribution is -2.33. The molecule has 40 heavy (non-hydrogen) atoms. The van der Waals surface area contributed by atoms with Crippen LogP contribution in [-0.2, 0) is 16.0 Å². The number of fused-ring (bicyclic) bond motifs is 1. The fourth-order valence-electron chi connectivity index (χ4n) is 5.56. The Hall–Kier alpha value is -4.10. The number of amides is 1. The number of hydrogen-bond acceptors (Lipinski definition) is 6. The van der Waals surface area contributed by atoms with Gasteiger partial charge >= 0.3 is 0 Å². The summed E-state index contributed by atoms with van der Waals surface area (Å²) in [7, 11) is 0. The number of likely N-dealkylation sites (tertiary alicyclic amines) is 1. The number of Topliss-reactive ketones (excluding diaryl/α,β-unsaturated/α-hetero) is 1. The average Bonchev–Trinajstić information content (AvgIpc) is 3.46.